The monoisotopic (exact) mass is 557 g/mol. The number of amides is 3. The van der Waals surface area contributed by atoms with Crippen LogP contribution in [0.5, 0.6) is 0 Å². The Morgan fingerprint density at radius 1 is 0.921 bits per heavy atom. The number of hydrogen-bond acceptors (Lipinski definition) is 7. The van der Waals surface area contributed by atoms with Crippen LogP contribution in [0.25, 0.3) is 0 Å². The number of thiophene rings is 2. The summed E-state index contributed by atoms with van der Waals surface area (Å²) in [6, 6.07) is 15.8. The zero-order chi connectivity index (χ0) is 27.2. The van der Waals surface area contributed by atoms with Gasteiger partial charge in [0.15, 0.2) is 0 Å². The Morgan fingerprint density at radius 2 is 1.58 bits per heavy atom. The molecule has 0 bridgehead atoms. The number of nitrogens with zero attached hydrogens (tertiary/aromatic N) is 1. The van der Waals surface area contributed by atoms with Crippen LogP contribution in [0, 0.1) is 0 Å². The van der Waals surface area contributed by atoms with Crippen LogP contribution in [0.2, 0.25) is 0 Å². The number of benzene rings is 1. The maximum absolute atomic E-state index is 13.1. The summed E-state index contributed by atoms with van der Waals surface area (Å²) < 4.78 is 10.5. The van der Waals surface area contributed by atoms with Gasteiger partial charge in [-0.25, -0.2) is 9.59 Å². The topological polar surface area (TPSA) is 97.0 Å². The molecule has 0 saturated heterocycles. The molecule has 3 amide bonds. The van der Waals surface area contributed by atoms with Gasteiger partial charge < -0.3 is 20.1 Å². The van der Waals surface area contributed by atoms with Crippen molar-refractivity contribution in [2.24, 2.45) is 0 Å². The molecular weight excluding hydrogens is 522 g/mol. The van der Waals surface area contributed by atoms with Gasteiger partial charge in [0.05, 0.1) is 38.7 Å². The molecule has 0 saturated carbocycles. The highest BCUT2D eigenvalue weighted by atomic mass is 32.1. The second kappa shape index (κ2) is 15.8. The molecule has 0 aliphatic rings. The van der Waals surface area contributed by atoms with Gasteiger partial charge in [0.1, 0.15) is 6.61 Å². The first kappa shape index (κ1) is 29.2. The second-order valence-electron chi connectivity index (χ2n) is 8.79. The average Bonchev–Trinajstić information content (AvgIpc) is 3.64. The fourth-order valence-corrected chi connectivity index (χ4v) is 5.29. The summed E-state index contributed by atoms with van der Waals surface area (Å²) in [7, 11) is 1.32. The molecule has 2 atom stereocenters. The standard InChI is InChI=1S/C28H35N3O5S2/c1-3-4-12-22(29-27(33)30-25(17-26(32)35-2)21-10-6-5-7-11-21)20-36-28(34)31(18-23-13-8-15-37-23)19-24-14-9-16-38-24/h5-11,13-16,22,25H,3-4,12,17-20H2,1-2H3,(H2,29,30,33)/t22-,25-/m0/s1. The molecule has 2 aromatic heterocycles. The first-order valence-corrected chi connectivity index (χ1v) is 14.4. The quantitative estimate of drug-likeness (QED) is 0.233. The Bertz CT molecular complexity index is 1070. The van der Waals surface area contributed by atoms with Gasteiger partial charge in [-0.2, -0.15) is 0 Å². The molecule has 3 rings (SSSR count). The van der Waals surface area contributed by atoms with Gasteiger partial charge >= 0.3 is 18.1 Å². The third-order valence-corrected chi connectivity index (χ3v) is 7.59. The molecule has 0 aliphatic heterocycles. The van der Waals surface area contributed by atoms with Crippen molar-refractivity contribution in [2.75, 3.05) is 13.7 Å². The van der Waals surface area contributed by atoms with Crippen molar-refractivity contribution in [3.63, 3.8) is 0 Å². The van der Waals surface area contributed by atoms with Crippen LogP contribution < -0.4 is 10.6 Å². The Kier molecular flexibility index (Phi) is 12.1. The van der Waals surface area contributed by atoms with Crippen molar-refractivity contribution < 1.29 is 23.9 Å². The van der Waals surface area contributed by atoms with E-state index in [9.17, 15) is 14.4 Å². The Morgan fingerprint density at radius 3 is 2.13 bits per heavy atom. The largest absolute Gasteiger partial charge is 0.469 e. The number of carbonyl (C=O) groups is 3. The minimum Gasteiger partial charge on any atom is -0.469 e. The van der Waals surface area contributed by atoms with E-state index in [0.717, 1.165) is 28.2 Å². The van der Waals surface area contributed by atoms with Crippen molar-refractivity contribution in [3.05, 3.63) is 80.7 Å². The second-order valence-corrected chi connectivity index (χ2v) is 10.9. The molecule has 0 radical (unpaired) electrons. The third-order valence-electron chi connectivity index (χ3n) is 5.87. The Labute approximate surface area is 232 Å². The molecule has 2 heterocycles. The van der Waals surface area contributed by atoms with Crippen molar-refractivity contribution in [3.8, 4) is 0 Å². The summed E-state index contributed by atoms with van der Waals surface area (Å²) in [5.41, 5.74) is 0.794. The van der Waals surface area contributed by atoms with Crippen LogP contribution in [0.3, 0.4) is 0 Å². The van der Waals surface area contributed by atoms with E-state index in [1.165, 1.54) is 7.11 Å². The highest BCUT2D eigenvalue weighted by Crippen LogP contribution is 2.19. The Hall–Kier alpha value is -3.37. The molecule has 1 aromatic carbocycles. The first-order valence-electron chi connectivity index (χ1n) is 12.6. The van der Waals surface area contributed by atoms with Gasteiger partial charge in [-0.1, -0.05) is 62.2 Å². The number of ether oxygens (including phenoxy) is 2. The van der Waals surface area contributed by atoms with Gasteiger partial charge in [-0.15, -0.1) is 22.7 Å². The third kappa shape index (κ3) is 9.83. The van der Waals surface area contributed by atoms with Crippen molar-refractivity contribution in [2.45, 2.75) is 57.8 Å². The number of methoxy groups -OCH3 is 1. The lowest BCUT2D eigenvalue weighted by Crippen LogP contribution is -2.46. The number of rotatable bonds is 14. The number of nitrogens with one attached hydrogen (secondary N) is 2. The molecule has 0 fully saturated rings. The van der Waals surface area contributed by atoms with Crippen LogP contribution in [0.15, 0.2) is 65.4 Å². The molecule has 8 nitrogen and oxygen atoms in total. The predicted molar refractivity (Wildman–Crippen MR) is 150 cm³/mol. The molecule has 38 heavy (non-hydrogen) atoms. The number of carbonyl (C=O) groups excluding carboxylic acids is 3. The van der Waals surface area contributed by atoms with E-state index in [4.69, 9.17) is 9.47 Å². The van der Waals surface area contributed by atoms with E-state index in [2.05, 4.69) is 17.6 Å². The van der Waals surface area contributed by atoms with Gasteiger partial charge in [0, 0.05) is 9.75 Å². The zero-order valence-electron chi connectivity index (χ0n) is 21.8. The predicted octanol–water partition coefficient (Wildman–Crippen LogP) is 6.11. The van der Waals surface area contributed by atoms with Crippen LogP contribution in [-0.4, -0.2) is 42.8 Å². The smallest absolute Gasteiger partial charge is 0.410 e. The number of unbranched alkanes of at least 4 members (excludes halogenated alkanes) is 1. The summed E-state index contributed by atoms with van der Waals surface area (Å²) in [6.45, 7) is 3.02. The molecule has 3 aromatic rings. The summed E-state index contributed by atoms with van der Waals surface area (Å²) in [5.74, 6) is -0.424. The number of urea groups is 1. The van der Waals surface area contributed by atoms with Crippen LogP contribution >= 0.6 is 22.7 Å². The molecule has 0 unspecified atom stereocenters. The lowest BCUT2D eigenvalue weighted by molar-refractivity contribution is -0.141. The van der Waals surface area contributed by atoms with E-state index in [0.29, 0.717) is 19.5 Å². The van der Waals surface area contributed by atoms with E-state index < -0.39 is 24.1 Å². The fraction of sp³-hybridized carbons (Fsp3) is 0.393. The highest BCUT2D eigenvalue weighted by molar-refractivity contribution is 7.10. The molecule has 2 N–H and O–H groups in total. The summed E-state index contributed by atoms with van der Waals surface area (Å²) >= 11 is 3.18. The van der Waals surface area contributed by atoms with Crippen molar-refractivity contribution in [1.82, 2.24) is 15.5 Å². The number of hydrogen-bond donors (Lipinski definition) is 2. The lowest BCUT2D eigenvalue weighted by Gasteiger charge is -2.25. The molecular formula is C28H35N3O5S2. The molecule has 10 heteroatoms. The van der Waals surface area contributed by atoms with Crippen LogP contribution in [0.4, 0.5) is 9.59 Å². The fourth-order valence-electron chi connectivity index (χ4n) is 3.85. The summed E-state index contributed by atoms with van der Waals surface area (Å²) in [6.07, 6.45) is 2.03. The molecule has 0 aliphatic carbocycles. The molecule has 0 spiro atoms. The van der Waals surface area contributed by atoms with Gasteiger partial charge in [-0.3, -0.25) is 9.69 Å². The first-order chi connectivity index (χ1) is 18.5. The maximum Gasteiger partial charge on any atom is 0.410 e. The number of esters is 1. The minimum absolute atomic E-state index is 0.00292. The lowest BCUT2D eigenvalue weighted by atomic mass is 10.0. The van der Waals surface area contributed by atoms with Gasteiger partial charge in [-0.05, 0) is 34.9 Å². The van der Waals surface area contributed by atoms with Crippen molar-refractivity contribution >= 4 is 40.8 Å². The van der Waals surface area contributed by atoms with E-state index in [1.807, 2.05) is 65.4 Å². The van der Waals surface area contributed by atoms with E-state index in [1.54, 1.807) is 27.6 Å². The minimum atomic E-state index is -0.551. The van der Waals surface area contributed by atoms with Crippen LogP contribution in [0.1, 0.15) is 54.0 Å². The zero-order valence-corrected chi connectivity index (χ0v) is 23.4. The maximum atomic E-state index is 13.1. The van der Waals surface area contributed by atoms with Gasteiger partial charge in [0.2, 0.25) is 0 Å². The van der Waals surface area contributed by atoms with E-state index >= 15 is 0 Å². The van der Waals surface area contributed by atoms with E-state index in [-0.39, 0.29) is 19.1 Å². The van der Waals surface area contributed by atoms with Crippen LogP contribution in [-0.2, 0) is 27.4 Å². The average molecular weight is 558 g/mol. The summed E-state index contributed by atoms with van der Waals surface area (Å²) in [4.78, 5) is 41.8. The molecule has 204 valence electrons. The highest BCUT2D eigenvalue weighted by Gasteiger charge is 2.23. The summed E-state index contributed by atoms with van der Waals surface area (Å²) in [5, 5.41) is 9.78. The normalized spacial score (nSPS) is 12.3. The van der Waals surface area contributed by atoms with Gasteiger partial charge in [0.25, 0.3) is 0 Å². The SMILES string of the molecule is CCCC[C@@H](COC(=O)N(Cc1cccs1)Cc1cccs1)NC(=O)N[C@@H](CC(=O)OC)c1ccccc1. The Balaban J connectivity index is 1.62. The van der Waals surface area contributed by atoms with Crippen molar-refractivity contribution in [1.29, 1.82) is 0 Å².